The number of hydrogen-bond donors (Lipinski definition) is 2. The normalized spacial score (nSPS) is 10.2. The van der Waals surface area contributed by atoms with Crippen molar-refractivity contribution in [1.29, 1.82) is 0 Å². The van der Waals surface area contributed by atoms with Crippen LogP contribution in [-0.2, 0) is 6.42 Å². The van der Waals surface area contributed by atoms with Gasteiger partial charge in [-0.1, -0.05) is 17.7 Å². The lowest BCUT2D eigenvalue weighted by atomic mass is 9.96. The summed E-state index contributed by atoms with van der Waals surface area (Å²) in [5.74, 6) is -0.620. The number of ether oxygens (including phenoxy) is 1. The molecule has 5 nitrogen and oxygen atoms in total. The minimum atomic E-state index is -1.03. The number of carbonyl (C=O) groups excluding carboxylic acids is 1. The molecule has 0 radical (unpaired) electrons. The van der Waals surface area contributed by atoms with Gasteiger partial charge in [0.1, 0.15) is 5.75 Å². The van der Waals surface area contributed by atoms with E-state index in [0.29, 0.717) is 22.6 Å². The molecule has 0 spiro atoms. The topological polar surface area (TPSA) is 75.6 Å². The molecule has 0 saturated heterocycles. The van der Waals surface area contributed by atoms with E-state index < -0.39 is 5.97 Å². The summed E-state index contributed by atoms with van der Waals surface area (Å²) < 4.78 is 5.16. The summed E-state index contributed by atoms with van der Waals surface area (Å²) in [5.41, 5.74) is 2.66. The predicted octanol–water partition coefficient (Wildman–Crippen LogP) is 3.17. The van der Waals surface area contributed by atoms with Crippen LogP contribution in [-0.4, -0.2) is 31.0 Å². The van der Waals surface area contributed by atoms with Crippen molar-refractivity contribution < 1.29 is 19.4 Å². The van der Waals surface area contributed by atoms with Gasteiger partial charge in [-0.2, -0.15) is 0 Å². The molecule has 5 heteroatoms. The average Bonchev–Trinajstić information content (AvgIpc) is 2.55. The molecule has 0 aliphatic heterocycles. The van der Waals surface area contributed by atoms with Gasteiger partial charge in [0.2, 0.25) is 0 Å². The number of carbonyl (C=O) groups is 2. The van der Waals surface area contributed by atoms with Crippen LogP contribution < -0.4 is 10.1 Å². The van der Waals surface area contributed by atoms with E-state index in [9.17, 15) is 14.7 Å². The van der Waals surface area contributed by atoms with Gasteiger partial charge in [-0.25, -0.2) is 4.79 Å². The molecule has 0 amide bonds. The molecule has 23 heavy (non-hydrogen) atoms. The lowest BCUT2D eigenvalue weighted by Gasteiger charge is -2.11. The van der Waals surface area contributed by atoms with Gasteiger partial charge in [-0.15, -0.1) is 0 Å². The Morgan fingerprint density at radius 2 is 1.87 bits per heavy atom. The zero-order chi connectivity index (χ0) is 17.0. The molecule has 0 unspecified atom stereocenters. The van der Waals surface area contributed by atoms with Crippen LogP contribution in [0.1, 0.15) is 31.8 Å². The number of carboxylic acid groups (broad SMARTS) is 1. The number of Topliss-reactive ketones (excluding diaryl/α,β-unsaturated/α-hetero) is 1. The van der Waals surface area contributed by atoms with Gasteiger partial charge in [-0.3, -0.25) is 4.79 Å². The number of carboxylic acids is 1. The van der Waals surface area contributed by atoms with E-state index in [1.165, 1.54) is 7.11 Å². The standard InChI is InChI=1S/C18H19NO4/c1-11-4-5-12(14(8-11)18(21)22)9-17(20)15-10-13(23-3)6-7-16(15)19-2/h4-8,10,19H,9H2,1-3H3,(H,21,22). The maximum atomic E-state index is 12.6. The summed E-state index contributed by atoms with van der Waals surface area (Å²) in [4.78, 5) is 24.0. The number of benzene rings is 2. The second kappa shape index (κ2) is 6.96. The van der Waals surface area contributed by atoms with E-state index in [2.05, 4.69) is 5.32 Å². The summed E-state index contributed by atoms with van der Waals surface area (Å²) in [6, 6.07) is 10.3. The van der Waals surface area contributed by atoms with Gasteiger partial charge in [0.15, 0.2) is 5.78 Å². The quantitative estimate of drug-likeness (QED) is 0.801. The van der Waals surface area contributed by atoms with Crippen molar-refractivity contribution in [2.45, 2.75) is 13.3 Å². The zero-order valence-corrected chi connectivity index (χ0v) is 13.3. The van der Waals surface area contributed by atoms with E-state index in [-0.39, 0.29) is 17.8 Å². The molecule has 2 N–H and O–H groups in total. The summed E-state index contributed by atoms with van der Waals surface area (Å²) in [6.07, 6.45) is 0.0176. The fourth-order valence-corrected chi connectivity index (χ4v) is 2.41. The third-order valence-corrected chi connectivity index (χ3v) is 3.64. The Kier molecular flexibility index (Phi) is 5.01. The molecule has 2 aromatic rings. The number of hydrogen-bond acceptors (Lipinski definition) is 4. The van der Waals surface area contributed by atoms with Crippen LogP contribution >= 0.6 is 0 Å². The molecule has 2 rings (SSSR count). The number of aromatic carboxylic acids is 1. The van der Waals surface area contributed by atoms with Gasteiger partial charge in [0, 0.05) is 24.7 Å². The lowest BCUT2D eigenvalue weighted by Crippen LogP contribution is -2.11. The summed E-state index contributed by atoms with van der Waals surface area (Å²) in [6.45, 7) is 1.82. The first-order valence-corrected chi connectivity index (χ1v) is 7.18. The average molecular weight is 313 g/mol. The van der Waals surface area contributed by atoms with E-state index in [1.54, 1.807) is 43.4 Å². The number of rotatable bonds is 6. The van der Waals surface area contributed by atoms with Gasteiger partial charge in [-0.05, 0) is 36.8 Å². The Balaban J connectivity index is 2.38. The fourth-order valence-electron chi connectivity index (χ4n) is 2.41. The third kappa shape index (κ3) is 3.69. The van der Waals surface area contributed by atoms with Crippen LogP contribution in [0.5, 0.6) is 5.75 Å². The summed E-state index contributed by atoms with van der Waals surface area (Å²) in [5, 5.41) is 12.3. The van der Waals surface area contributed by atoms with Crippen molar-refractivity contribution in [2.24, 2.45) is 0 Å². The highest BCUT2D eigenvalue weighted by atomic mass is 16.5. The van der Waals surface area contributed by atoms with E-state index >= 15 is 0 Å². The molecule has 0 aromatic heterocycles. The van der Waals surface area contributed by atoms with Crippen LogP contribution in [0.25, 0.3) is 0 Å². The molecule has 120 valence electrons. The first-order valence-electron chi connectivity index (χ1n) is 7.18. The summed E-state index contributed by atoms with van der Waals surface area (Å²) in [7, 11) is 3.26. The maximum Gasteiger partial charge on any atom is 0.335 e. The van der Waals surface area contributed by atoms with Gasteiger partial charge in [0.25, 0.3) is 0 Å². The number of anilines is 1. The van der Waals surface area contributed by atoms with Gasteiger partial charge in [0.05, 0.1) is 12.7 Å². The van der Waals surface area contributed by atoms with Crippen molar-refractivity contribution in [3.63, 3.8) is 0 Å². The molecule has 0 saturated carbocycles. The second-order valence-electron chi connectivity index (χ2n) is 5.23. The van der Waals surface area contributed by atoms with E-state index in [0.717, 1.165) is 5.56 Å². The van der Waals surface area contributed by atoms with Crippen molar-refractivity contribution >= 4 is 17.4 Å². The molecule has 0 aliphatic carbocycles. The number of methoxy groups -OCH3 is 1. The van der Waals surface area contributed by atoms with Gasteiger partial charge >= 0.3 is 5.97 Å². The Bertz CT molecular complexity index is 753. The highest BCUT2D eigenvalue weighted by Crippen LogP contribution is 2.24. The minimum absolute atomic E-state index is 0.0176. The molecule has 0 fully saturated rings. The lowest BCUT2D eigenvalue weighted by molar-refractivity contribution is 0.0696. The summed E-state index contributed by atoms with van der Waals surface area (Å²) >= 11 is 0. The second-order valence-corrected chi connectivity index (χ2v) is 5.23. The zero-order valence-electron chi connectivity index (χ0n) is 13.3. The predicted molar refractivity (Wildman–Crippen MR) is 88.7 cm³/mol. The molecular formula is C18H19NO4. The van der Waals surface area contributed by atoms with Gasteiger partial charge < -0.3 is 15.2 Å². The van der Waals surface area contributed by atoms with Crippen LogP contribution in [0.3, 0.4) is 0 Å². The molecule has 2 aromatic carbocycles. The highest BCUT2D eigenvalue weighted by Gasteiger charge is 2.17. The van der Waals surface area contributed by atoms with E-state index in [4.69, 9.17) is 4.74 Å². The Morgan fingerprint density at radius 1 is 1.13 bits per heavy atom. The van der Waals surface area contributed by atoms with Crippen molar-refractivity contribution in [1.82, 2.24) is 0 Å². The first kappa shape index (κ1) is 16.5. The number of ketones is 1. The van der Waals surface area contributed by atoms with E-state index in [1.807, 2.05) is 6.92 Å². The van der Waals surface area contributed by atoms with Crippen LogP contribution in [0.15, 0.2) is 36.4 Å². The minimum Gasteiger partial charge on any atom is -0.497 e. The largest absolute Gasteiger partial charge is 0.497 e. The van der Waals surface area contributed by atoms with Crippen LogP contribution in [0.2, 0.25) is 0 Å². The highest BCUT2D eigenvalue weighted by molar-refractivity contribution is 6.04. The first-order chi connectivity index (χ1) is 11.0. The van der Waals surface area contributed by atoms with Crippen LogP contribution in [0.4, 0.5) is 5.69 Å². The Hall–Kier alpha value is -2.82. The van der Waals surface area contributed by atoms with Crippen molar-refractivity contribution in [3.8, 4) is 5.75 Å². The number of aryl methyl sites for hydroxylation is 1. The molecule has 0 bridgehead atoms. The molecule has 0 aliphatic rings. The van der Waals surface area contributed by atoms with Crippen LogP contribution in [0, 0.1) is 6.92 Å². The molecule has 0 heterocycles. The third-order valence-electron chi connectivity index (χ3n) is 3.64. The van der Waals surface area contributed by atoms with Crippen molar-refractivity contribution in [2.75, 3.05) is 19.5 Å². The van der Waals surface area contributed by atoms with Crippen molar-refractivity contribution in [3.05, 3.63) is 58.7 Å². The Morgan fingerprint density at radius 3 is 2.48 bits per heavy atom. The maximum absolute atomic E-state index is 12.6. The molecule has 0 atom stereocenters. The smallest absolute Gasteiger partial charge is 0.335 e. The Labute approximate surface area is 134 Å². The number of nitrogens with one attached hydrogen (secondary N) is 1. The fraction of sp³-hybridized carbons (Fsp3) is 0.222. The molecular weight excluding hydrogens is 294 g/mol. The SMILES string of the molecule is CNc1ccc(OC)cc1C(=O)Cc1ccc(C)cc1C(=O)O. The monoisotopic (exact) mass is 313 g/mol.